The van der Waals surface area contributed by atoms with Crippen LogP contribution in [-0.2, 0) is 22.2 Å². The van der Waals surface area contributed by atoms with E-state index >= 15 is 0 Å². The minimum absolute atomic E-state index is 0.00980. The van der Waals surface area contributed by atoms with E-state index < -0.39 is 12.1 Å². The highest BCUT2D eigenvalue weighted by molar-refractivity contribution is 5.87. The van der Waals surface area contributed by atoms with Crippen LogP contribution in [0, 0.1) is 11.3 Å². The fourth-order valence-electron chi connectivity index (χ4n) is 2.92. The number of rotatable bonds is 10. The van der Waals surface area contributed by atoms with E-state index in [0.29, 0.717) is 28.3 Å². The molecule has 180 valence electrons. The summed E-state index contributed by atoms with van der Waals surface area (Å²) in [5, 5.41) is 8.51. The number of carbonyl (C=O) groups excluding carboxylic acids is 1. The average molecular weight is 479 g/mol. The Morgan fingerprint density at radius 1 is 1.00 bits per heavy atom. The lowest BCUT2D eigenvalue weighted by molar-refractivity contribution is -0.185. The third-order valence-electron chi connectivity index (χ3n) is 4.75. The number of nitriles is 1. The molecule has 3 aromatic carbocycles. The van der Waals surface area contributed by atoms with Gasteiger partial charge in [-0.1, -0.05) is 18.2 Å². The molecule has 0 aliphatic heterocycles. The van der Waals surface area contributed by atoms with Crippen LogP contribution in [0.5, 0.6) is 11.5 Å². The van der Waals surface area contributed by atoms with E-state index in [-0.39, 0.29) is 30.9 Å². The maximum absolute atomic E-state index is 14.5. The molecule has 0 amide bonds. The van der Waals surface area contributed by atoms with E-state index in [4.69, 9.17) is 30.9 Å². The number of hydrogen-bond acceptors (Lipinski definition) is 7. The molecule has 3 rings (SSSR count). The van der Waals surface area contributed by atoms with Crippen molar-refractivity contribution >= 4 is 23.4 Å². The summed E-state index contributed by atoms with van der Waals surface area (Å²) in [7, 11) is 0. The van der Waals surface area contributed by atoms with E-state index in [0.717, 1.165) is 0 Å². The summed E-state index contributed by atoms with van der Waals surface area (Å²) >= 11 is 0. The third kappa shape index (κ3) is 7.47. The zero-order valence-electron chi connectivity index (χ0n) is 18.6. The summed E-state index contributed by atoms with van der Waals surface area (Å²) in [6, 6.07) is 17.8. The van der Waals surface area contributed by atoms with Crippen molar-refractivity contribution in [2.24, 2.45) is 0 Å². The van der Waals surface area contributed by atoms with Crippen LogP contribution in [0.4, 0.5) is 20.2 Å². The van der Waals surface area contributed by atoms with Crippen molar-refractivity contribution < 1.29 is 27.8 Å². The van der Waals surface area contributed by atoms with Crippen LogP contribution in [0.3, 0.4) is 0 Å². The first-order valence-corrected chi connectivity index (χ1v) is 10.5. The third-order valence-corrected chi connectivity index (χ3v) is 4.75. The quantitative estimate of drug-likeness (QED) is 0.181. The van der Waals surface area contributed by atoms with E-state index in [9.17, 15) is 13.6 Å². The normalized spacial score (nSPS) is 11.1. The fourth-order valence-corrected chi connectivity index (χ4v) is 2.92. The second-order valence-electron chi connectivity index (χ2n) is 7.37. The zero-order chi connectivity index (χ0) is 25.3. The van der Waals surface area contributed by atoms with Gasteiger partial charge in [0.2, 0.25) is 0 Å². The van der Waals surface area contributed by atoms with E-state index in [1.165, 1.54) is 60.7 Å². The van der Waals surface area contributed by atoms with E-state index in [2.05, 4.69) is 0 Å². The van der Waals surface area contributed by atoms with Gasteiger partial charge in [-0.25, -0.2) is 4.79 Å². The van der Waals surface area contributed by atoms with Gasteiger partial charge in [0.25, 0.3) is 0 Å². The lowest BCUT2D eigenvalue weighted by Crippen LogP contribution is -2.21. The number of halogens is 2. The summed E-state index contributed by atoms with van der Waals surface area (Å²) in [6.07, 6.45) is -0.664. The minimum atomic E-state index is -3.57. The Morgan fingerprint density at radius 2 is 1.69 bits per heavy atom. The van der Waals surface area contributed by atoms with Gasteiger partial charge in [0.1, 0.15) is 24.7 Å². The van der Waals surface area contributed by atoms with Gasteiger partial charge in [-0.05, 0) is 60.2 Å². The summed E-state index contributed by atoms with van der Waals surface area (Å²) in [5.41, 5.74) is 13.3. The molecule has 7 nitrogen and oxygen atoms in total. The number of carbonyl (C=O) groups is 1. The predicted molar refractivity (Wildman–Crippen MR) is 127 cm³/mol. The Balaban J connectivity index is 1.53. The molecule has 9 heteroatoms. The molecule has 0 heterocycles. The predicted octanol–water partition coefficient (Wildman–Crippen LogP) is 5.03. The maximum atomic E-state index is 14.5. The topological polar surface area (TPSA) is 121 Å². The molecule has 0 saturated heterocycles. The van der Waals surface area contributed by atoms with Crippen LogP contribution in [-0.4, -0.2) is 12.6 Å². The average Bonchev–Trinajstić information content (AvgIpc) is 2.83. The lowest BCUT2D eigenvalue weighted by Gasteiger charge is -2.18. The molecule has 0 atom stereocenters. The Hall–Kier alpha value is -4.58. The van der Waals surface area contributed by atoms with E-state index in [1.807, 2.05) is 6.07 Å². The fraction of sp³-hybridized carbons (Fsp3) is 0.154. The first-order chi connectivity index (χ1) is 16.8. The summed E-state index contributed by atoms with van der Waals surface area (Å²) in [6.45, 7) is 0.169. The molecule has 0 aliphatic rings. The van der Waals surface area contributed by atoms with E-state index in [1.54, 1.807) is 18.2 Å². The highest BCUT2D eigenvalue weighted by Crippen LogP contribution is 2.32. The molecule has 0 fully saturated rings. The standard InChI is InChI=1S/C26H23F2N3O4/c27-26(28,20-6-11-22(12-7-20)33-15-1-14-29)35-23-9-2-18(3-10-23)4-13-25(32)34-17-19-5-8-21(30)16-24(19)31/h2-13,16H,1,15,17,30-31H2/b13-4+. The Bertz CT molecular complexity index is 1220. The Kier molecular flexibility index (Phi) is 8.24. The van der Waals surface area contributed by atoms with Crippen molar-refractivity contribution in [1.82, 2.24) is 0 Å². The summed E-state index contributed by atoms with van der Waals surface area (Å²) < 4.78 is 44.3. The molecule has 35 heavy (non-hydrogen) atoms. The van der Waals surface area contributed by atoms with Gasteiger partial charge in [-0.15, -0.1) is 0 Å². The lowest BCUT2D eigenvalue weighted by atomic mass is 10.2. The monoisotopic (exact) mass is 479 g/mol. The number of nitrogens with two attached hydrogens (primary N) is 2. The number of ether oxygens (including phenoxy) is 3. The summed E-state index contributed by atoms with van der Waals surface area (Å²) in [5.74, 6) is -0.262. The van der Waals surface area contributed by atoms with Gasteiger partial charge in [0.05, 0.1) is 18.1 Å². The molecule has 3 aromatic rings. The smallest absolute Gasteiger partial charge is 0.426 e. The number of alkyl halides is 2. The van der Waals surface area contributed by atoms with Crippen LogP contribution < -0.4 is 20.9 Å². The number of hydrogen-bond donors (Lipinski definition) is 2. The number of anilines is 2. The summed E-state index contributed by atoms with van der Waals surface area (Å²) in [4.78, 5) is 12.0. The Labute approximate surface area is 201 Å². The van der Waals surface area contributed by atoms with Crippen molar-refractivity contribution in [3.63, 3.8) is 0 Å². The van der Waals surface area contributed by atoms with Gasteiger partial charge in [-0.2, -0.15) is 14.0 Å². The van der Waals surface area contributed by atoms with Gasteiger partial charge in [0.15, 0.2) is 0 Å². The molecular weight excluding hydrogens is 456 g/mol. The van der Waals surface area contributed by atoms with Crippen molar-refractivity contribution in [2.45, 2.75) is 19.1 Å². The van der Waals surface area contributed by atoms with Gasteiger partial charge >= 0.3 is 12.1 Å². The van der Waals surface area contributed by atoms with Crippen LogP contribution in [0.25, 0.3) is 6.08 Å². The molecule has 0 radical (unpaired) electrons. The Morgan fingerprint density at radius 3 is 2.34 bits per heavy atom. The molecule has 0 bridgehead atoms. The molecule has 0 aromatic heterocycles. The number of benzene rings is 3. The van der Waals surface area contributed by atoms with Crippen molar-refractivity contribution in [3.05, 3.63) is 89.5 Å². The minimum Gasteiger partial charge on any atom is -0.493 e. The van der Waals surface area contributed by atoms with Crippen molar-refractivity contribution in [3.8, 4) is 17.6 Å². The molecule has 4 N–H and O–H groups in total. The largest absolute Gasteiger partial charge is 0.493 e. The molecule has 0 spiro atoms. The number of nitrogens with zero attached hydrogens (tertiary/aromatic N) is 1. The van der Waals surface area contributed by atoms with Gasteiger partial charge in [0, 0.05) is 23.0 Å². The maximum Gasteiger partial charge on any atom is 0.426 e. The van der Waals surface area contributed by atoms with Gasteiger partial charge in [-0.3, -0.25) is 0 Å². The molecular formula is C26H23F2N3O4. The highest BCUT2D eigenvalue weighted by atomic mass is 19.3. The van der Waals surface area contributed by atoms with Crippen LogP contribution >= 0.6 is 0 Å². The first kappa shape index (κ1) is 25.1. The molecule has 0 saturated carbocycles. The number of nitrogen functional groups attached to an aromatic ring is 2. The van der Waals surface area contributed by atoms with Crippen molar-refractivity contribution in [2.75, 3.05) is 18.1 Å². The molecule has 0 aliphatic carbocycles. The SMILES string of the molecule is N#CCCOc1ccc(C(F)(F)Oc2ccc(/C=C/C(=O)OCc3ccc(N)cc3N)cc2)cc1. The molecule has 0 unspecified atom stereocenters. The number of esters is 1. The zero-order valence-corrected chi connectivity index (χ0v) is 18.6. The second kappa shape index (κ2) is 11.5. The first-order valence-electron chi connectivity index (χ1n) is 10.5. The van der Waals surface area contributed by atoms with Crippen molar-refractivity contribution in [1.29, 1.82) is 5.26 Å². The van der Waals surface area contributed by atoms with Crippen LogP contribution in [0.1, 0.15) is 23.1 Å². The van der Waals surface area contributed by atoms with Crippen LogP contribution in [0.15, 0.2) is 72.8 Å². The van der Waals surface area contributed by atoms with Crippen LogP contribution in [0.2, 0.25) is 0 Å². The second-order valence-corrected chi connectivity index (χ2v) is 7.37. The van der Waals surface area contributed by atoms with Gasteiger partial charge < -0.3 is 25.7 Å². The highest BCUT2D eigenvalue weighted by Gasteiger charge is 2.34.